The van der Waals surface area contributed by atoms with Gasteiger partial charge in [-0.2, -0.15) is 0 Å². The van der Waals surface area contributed by atoms with E-state index in [1.54, 1.807) is 6.20 Å². The minimum Gasteiger partial charge on any atom is -0.376 e. The summed E-state index contributed by atoms with van der Waals surface area (Å²) in [6.45, 7) is 0.834. The first-order chi connectivity index (χ1) is 6.38. The second kappa shape index (κ2) is 4.07. The summed E-state index contributed by atoms with van der Waals surface area (Å²) in [5.74, 6) is 0. The van der Waals surface area contributed by atoms with Crippen LogP contribution >= 0.6 is 11.6 Å². The predicted octanol–water partition coefficient (Wildman–Crippen LogP) is 2.54. The third-order valence-electron chi connectivity index (χ3n) is 2.26. The van der Waals surface area contributed by atoms with Gasteiger partial charge in [0.05, 0.1) is 11.8 Å². The van der Waals surface area contributed by atoms with Gasteiger partial charge in [-0.3, -0.25) is 4.98 Å². The van der Waals surface area contributed by atoms with Crippen LogP contribution in [0.5, 0.6) is 0 Å². The maximum atomic E-state index is 6.22. The molecule has 13 heavy (non-hydrogen) atoms. The molecule has 2 nitrogen and oxygen atoms in total. The summed E-state index contributed by atoms with van der Waals surface area (Å²) in [5.41, 5.74) is 0.913. The molecular formula is C10H12ClNO. The number of aromatic nitrogens is 1. The van der Waals surface area contributed by atoms with Crippen molar-refractivity contribution in [2.45, 2.75) is 24.3 Å². The molecule has 0 N–H and O–H groups in total. The molecule has 1 aliphatic heterocycles. The summed E-state index contributed by atoms with van der Waals surface area (Å²) >= 11 is 6.22. The molecule has 1 aliphatic rings. The van der Waals surface area contributed by atoms with Gasteiger partial charge < -0.3 is 4.74 Å². The molecule has 1 aromatic heterocycles. The molecule has 1 saturated heterocycles. The maximum absolute atomic E-state index is 6.22. The molecule has 2 atom stereocenters. The van der Waals surface area contributed by atoms with Crippen LogP contribution in [0.15, 0.2) is 24.4 Å². The monoisotopic (exact) mass is 197 g/mol. The van der Waals surface area contributed by atoms with Gasteiger partial charge >= 0.3 is 0 Å². The van der Waals surface area contributed by atoms with Gasteiger partial charge in [0.1, 0.15) is 5.38 Å². The van der Waals surface area contributed by atoms with E-state index >= 15 is 0 Å². The molecule has 0 radical (unpaired) electrons. The fourth-order valence-electron chi connectivity index (χ4n) is 1.56. The van der Waals surface area contributed by atoms with Gasteiger partial charge in [-0.15, -0.1) is 11.6 Å². The van der Waals surface area contributed by atoms with Gasteiger partial charge in [0, 0.05) is 12.8 Å². The molecule has 3 heteroatoms. The lowest BCUT2D eigenvalue weighted by molar-refractivity contribution is 0.106. The Morgan fingerprint density at radius 1 is 1.54 bits per heavy atom. The standard InChI is InChI=1S/C10H12ClNO/c11-10(9-5-3-7-13-9)8-4-1-2-6-12-8/h1-2,4,6,9-10H,3,5,7H2/t9?,10-/m1/s1. The van der Waals surface area contributed by atoms with E-state index in [9.17, 15) is 0 Å². The molecular weight excluding hydrogens is 186 g/mol. The van der Waals surface area contributed by atoms with Crippen molar-refractivity contribution < 1.29 is 4.74 Å². The average molecular weight is 198 g/mol. The van der Waals surface area contributed by atoms with Crippen molar-refractivity contribution in [3.8, 4) is 0 Å². The summed E-state index contributed by atoms with van der Waals surface area (Å²) < 4.78 is 5.50. The zero-order chi connectivity index (χ0) is 9.10. The van der Waals surface area contributed by atoms with E-state index in [2.05, 4.69) is 4.98 Å². The van der Waals surface area contributed by atoms with E-state index in [1.807, 2.05) is 18.2 Å². The highest BCUT2D eigenvalue weighted by Gasteiger charge is 2.25. The van der Waals surface area contributed by atoms with Crippen LogP contribution in [-0.2, 0) is 4.74 Å². The van der Waals surface area contributed by atoms with Crippen molar-refractivity contribution in [2.24, 2.45) is 0 Å². The lowest BCUT2D eigenvalue weighted by Crippen LogP contribution is -2.13. The van der Waals surface area contributed by atoms with Gasteiger partial charge in [0.2, 0.25) is 0 Å². The lowest BCUT2D eigenvalue weighted by atomic mass is 10.1. The largest absolute Gasteiger partial charge is 0.376 e. The van der Waals surface area contributed by atoms with Crippen LogP contribution in [-0.4, -0.2) is 17.7 Å². The Bertz CT molecular complexity index is 259. The highest BCUT2D eigenvalue weighted by atomic mass is 35.5. The van der Waals surface area contributed by atoms with E-state index in [-0.39, 0.29) is 11.5 Å². The quantitative estimate of drug-likeness (QED) is 0.680. The summed E-state index contributed by atoms with van der Waals surface area (Å²) in [5, 5.41) is -0.0938. The number of rotatable bonds is 2. The van der Waals surface area contributed by atoms with E-state index in [1.165, 1.54) is 0 Å². The molecule has 2 rings (SSSR count). The Morgan fingerprint density at radius 2 is 2.46 bits per heavy atom. The molecule has 1 fully saturated rings. The number of ether oxygens (including phenoxy) is 1. The van der Waals surface area contributed by atoms with Crippen LogP contribution in [0.1, 0.15) is 23.9 Å². The Balaban J connectivity index is 2.08. The fraction of sp³-hybridized carbons (Fsp3) is 0.500. The van der Waals surface area contributed by atoms with Crippen LogP contribution in [0.4, 0.5) is 0 Å². The van der Waals surface area contributed by atoms with Gasteiger partial charge in [-0.1, -0.05) is 6.07 Å². The number of alkyl halides is 1. The first kappa shape index (κ1) is 8.97. The topological polar surface area (TPSA) is 22.1 Å². The molecule has 0 aromatic carbocycles. The number of nitrogens with zero attached hydrogens (tertiary/aromatic N) is 1. The zero-order valence-electron chi connectivity index (χ0n) is 7.32. The highest BCUT2D eigenvalue weighted by Crippen LogP contribution is 2.30. The van der Waals surface area contributed by atoms with Crippen LogP contribution in [0.3, 0.4) is 0 Å². The van der Waals surface area contributed by atoms with Crippen LogP contribution in [0, 0.1) is 0 Å². The molecule has 0 saturated carbocycles. The van der Waals surface area contributed by atoms with Crippen LogP contribution < -0.4 is 0 Å². The summed E-state index contributed by atoms with van der Waals surface area (Å²) in [6, 6.07) is 5.79. The van der Waals surface area contributed by atoms with E-state index < -0.39 is 0 Å². The number of halogens is 1. The molecule has 0 amide bonds. The van der Waals surface area contributed by atoms with Crippen molar-refractivity contribution in [1.29, 1.82) is 0 Å². The summed E-state index contributed by atoms with van der Waals surface area (Å²) in [7, 11) is 0. The van der Waals surface area contributed by atoms with Crippen molar-refractivity contribution in [2.75, 3.05) is 6.61 Å². The average Bonchev–Trinajstić information content (AvgIpc) is 2.71. The molecule has 0 aliphatic carbocycles. The molecule has 1 aromatic rings. The molecule has 0 spiro atoms. The Kier molecular flexibility index (Phi) is 2.81. The number of hydrogen-bond donors (Lipinski definition) is 0. The zero-order valence-corrected chi connectivity index (χ0v) is 8.07. The van der Waals surface area contributed by atoms with Crippen LogP contribution in [0.25, 0.3) is 0 Å². The van der Waals surface area contributed by atoms with E-state index in [0.717, 1.165) is 25.1 Å². The lowest BCUT2D eigenvalue weighted by Gasteiger charge is -2.15. The van der Waals surface area contributed by atoms with Gasteiger partial charge in [0.15, 0.2) is 0 Å². The first-order valence-corrected chi connectivity index (χ1v) is 4.98. The van der Waals surface area contributed by atoms with Crippen molar-refractivity contribution >= 4 is 11.6 Å². The Hall–Kier alpha value is -0.600. The second-order valence-corrected chi connectivity index (χ2v) is 3.68. The van der Waals surface area contributed by atoms with E-state index in [4.69, 9.17) is 16.3 Å². The third kappa shape index (κ3) is 2.01. The molecule has 2 heterocycles. The van der Waals surface area contributed by atoms with Crippen molar-refractivity contribution in [3.63, 3.8) is 0 Å². The Morgan fingerprint density at radius 3 is 3.08 bits per heavy atom. The molecule has 1 unspecified atom stereocenters. The summed E-state index contributed by atoms with van der Waals surface area (Å²) in [6.07, 6.45) is 4.07. The summed E-state index contributed by atoms with van der Waals surface area (Å²) in [4.78, 5) is 4.21. The van der Waals surface area contributed by atoms with Crippen molar-refractivity contribution in [1.82, 2.24) is 4.98 Å². The molecule has 0 bridgehead atoms. The first-order valence-electron chi connectivity index (χ1n) is 4.54. The van der Waals surface area contributed by atoms with Crippen LogP contribution in [0.2, 0.25) is 0 Å². The predicted molar refractivity (Wildman–Crippen MR) is 51.8 cm³/mol. The van der Waals surface area contributed by atoms with Gasteiger partial charge in [-0.05, 0) is 25.0 Å². The third-order valence-corrected chi connectivity index (χ3v) is 2.77. The highest BCUT2D eigenvalue weighted by molar-refractivity contribution is 6.21. The number of pyridine rings is 1. The number of hydrogen-bond acceptors (Lipinski definition) is 2. The molecule has 70 valence electrons. The minimum atomic E-state index is -0.0938. The van der Waals surface area contributed by atoms with Crippen molar-refractivity contribution in [3.05, 3.63) is 30.1 Å². The normalized spacial score (nSPS) is 24.5. The van der Waals surface area contributed by atoms with Gasteiger partial charge in [0.25, 0.3) is 0 Å². The Labute approximate surface area is 82.9 Å². The SMILES string of the molecule is Cl[C@H](c1ccccn1)C1CCCO1. The second-order valence-electron chi connectivity index (χ2n) is 3.21. The minimum absolute atomic E-state index is 0.0938. The smallest absolute Gasteiger partial charge is 0.102 e. The maximum Gasteiger partial charge on any atom is 0.102 e. The van der Waals surface area contributed by atoms with E-state index in [0.29, 0.717) is 0 Å². The fourth-order valence-corrected chi connectivity index (χ4v) is 1.89. The van der Waals surface area contributed by atoms with Gasteiger partial charge in [-0.25, -0.2) is 0 Å².